The summed E-state index contributed by atoms with van der Waals surface area (Å²) in [6.07, 6.45) is 4.96. The number of hydrogen-bond donors (Lipinski definition) is 2. The van der Waals surface area contributed by atoms with E-state index < -0.39 is 10.0 Å². The summed E-state index contributed by atoms with van der Waals surface area (Å²) in [6.45, 7) is 4.08. The van der Waals surface area contributed by atoms with Gasteiger partial charge in [-0.25, -0.2) is 17.9 Å². The molecule has 0 spiro atoms. The monoisotopic (exact) mass is 339 g/mol. The third-order valence-corrected chi connectivity index (χ3v) is 5.36. The number of sulfonamides is 1. The van der Waals surface area contributed by atoms with Crippen molar-refractivity contribution < 1.29 is 13.2 Å². The summed E-state index contributed by atoms with van der Waals surface area (Å²) in [7, 11) is -3.47. The summed E-state index contributed by atoms with van der Waals surface area (Å²) in [5, 5.41) is 2.79. The molecule has 1 fully saturated rings. The van der Waals surface area contributed by atoms with E-state index in [1.807, 2.05) is 0 Å². The standard InChI is InChI=1S/C16H25N3O3S/c1-2-3-4-11-17-23(21,22)15-9-7-14(8-10-15)18-16(20)19-12-5-6-13-19/h7-10,17H,2-6,11-13H2,1H3,(H,18,20). The molecule has 0 atom stereocenters. The number of urea groups is 1. The maximum Gasteiger partial charge on any atom is 0.321 e. The third kappa shape index (κ3) is 5.21. The third-order valence-electron chi connectivity index (χ3n) is 3.88. The Balaban J connectivity index is 1.91. The molecule has 1 saturated heterocycles. The highest BCUT2D eigenvalue weighted by atomic mass is 32.2. The van der Waals surface area contributed by atoms with E-state index in [1.54, 1.807) is 17.0 Å². The fraction of sp³-hybridized carbons (Fsp3) is 0.562. The SMILES string of the molecule is CCCCCNS(=O)(=O)c1ccc(NC(=O)N2CCCC2)cc1. The van der Waals surface area contributed by atoms with Gasteiger partial charge in [0.25, 0.3) is 0 Å². The first-order valence-corrected chi connectivity index (χ1v) is 9.67. The zero-order valence-corrected chi connectivity index (χ0v) is 14.4. The number of amides is 2. The van der Waals surface area contributed by atoms with E-state index in [2.05, 4.69) is 17.0 Å². The number of nitrogens with zero attached hydrogens (tertiary/aromatic N) is 1. The van der Waals surface area contributed by atoms with Gasteiger partial charge in [0.05, 0.1) is 4.90 Å². The molecule has 0 unspecified atom stereocenters. The van der Waals surface area contributed by atoms with Crippen molar-refractivity contribution in [2.24, 2.45) is 0 Å². The molecule has 7 heteroatoms. The Morgan fingerprint density at radius 3 is 2.39 bits per heavy atom. The van der Waals surface area contributed by atoms with Gasteiger partial charge < -0.3 is 10.2 Å². The van der Waals surface area contributed by atoms with Crippen LogP contribution in [0.3, 0.4) is 0 Å². The van der Waals surface area contributed by atoms with Gasteiger partial charge >= 0.3 is 6.03 Å². The molecule has 1 aromatic carbocycles. The number of carbonyl (C=O) groups is 1. The zero-order valence-electron chi connectivity index (χ0n) is 13.5. The Hall–Kier alpha value is -1.60. The van der Waals surface area contributed by atoms with Gasteiger partial charge in [0, 0.05) is 25.3 Å². The first-order valence-electron chi connectivity index (χ1n) is 8.18. The number of anilines is 1. The summed E-state index contributed by atoms with van der Waals surface area (Å²) in [5.74, 6) is 0. The normalized spacial score (nSPS) is 14.9. The van der Waals surface area contributed by atoms with Crippen LogP contribution in [0.1, 0.15) is 39.0 Å². The molecule has 2 N–H and O–H groups in total. The van der Waals surface area contributed by atoms with Crippen LogP contribution >= 0.6 is 0 Å². The lowest BCUT2D eigenvalue weighted by molar-refractivity contribution is 0.222. The predicted octanol–water partition coefficient (Wildman–Crippen LogP) is 2.78. The van der Waals surface area contributed by atoms with E-state index in [1.165, 1.54) is 12.1 Å². The van der Waals surface area contributed by atoms with E-state index >= 15 is 0 Å². The summed E-state index contributed by atoms with van der Waals surface area (Å²) in [6, 6.07) is 6.14. The molecule has 1 aromatic rings. The molecule has 2 amide bonds. The number of carbonyl (C=O) groups excluding carboxylic acids is 1. The Labute approximate surface area is 138 Å². The number of benzene rings is 1. The van der Waals surface area contributed by atoms with Crippen molar-refractivity contribution >= 4 is 21.7 Å². The maximum absolute atomic E-state index is 12.1. The van der Waals surface area contributed by atoms with Gasteiger partial charge in [-0.05, 0) is 43.5 Å². The van der Waals surface area contributed by atoms with E-state index in [0.717, 1.165) is 45.2 Å². The van der Waals surface area contributed by atoms with Gasteiger partial charge in [-0.15, -0.1) is 0 Å². The smallest absolute Gasteiger partial charge is 0.321 e. The Bertz CT molecular complexity index is 608. The lowest BCUT2D eigenvalue weighted by Crippen LogP contribution is -2.32. The lowest BCUT2D eigenvalue weighted by Gasteiger charge is -2.16. The molecule has 6 nitrogen and oxygen atoms in total. The van der Waals surface area contributed by atoms with Crippen LogP contribution in [0, 0.1) is 0 Å². The molecule has 0 aromatic heterocycles. The first-order chi connectivity index (χ1) is 11.0. The molecule has 0 saturated carbocycles. The van der Waals surface area contributed by atoms with Gasteiger partial charge in [-0.3, -0.25) is 0 Å². The topological polar surface area (TPSA) is 78.5 Å². The predicted molar refractivity (Wildman–Crippen MR) is 91.0 cm³/mol. The van der Waals surface area contributed by atoms with Crippen molar-refractivity contribution in [3.05, 3.63) is 24.3 Å². The van der Waals surface area contributed by atoms with Crippen LogP contribution in [0.4, 0.5) is 10.5 Å². The molecule has 1 heterocycles. The van der Waals surface area contributed by atoms with Gasteiger partial charge in [0.2, 0.25) is 10.0 Å². The minimum absolute atomic E-state index is 0.129. The average molecular weight is 339 g/mol. The average Bonchev–Trinajstić information content (AvgIpc) is 3.07. The van der Waals surface area contributed by atoms with Crippen molar-refractivity contribution in [2.45, 2.75) is 43.9 Å². The van der Waals surface area contributed by atoms with Crippen molar-refractivity contribution in [2.75, 3.05) is 25.0 Å². The van der Waals surface area contributed by atoms with Crippen molar-refractivity contribution in [3.8, 4) is 0 Å². The number of likely N-dealkylation sites (tertiary alicyclic amines) is 1. The summed E-state index contributed by atoms with van der Waals surface area (Å²) in [4.78, 5) is 14.0. The number of unbranched alkanes of at least 4 members (excludes halogenated alkanes) is 2. The highest BCUT2D eigenvalue weighted by Gasteiger charge is 2.18. The Morgan fingerprint density at radius 2 is 1.78 bits per heavy atom. The maximum atomic E-state index is 12.1. The fourth-order valence-electron chi connectivity index (χ4n) is 2.51. The van der Waals surface area contributed by atoms with Crippen molar-refractivity contribution in [1.82, 2.24) is 9.62 Å². The first kappa shape index (κ1) is 17.7. The molecule has 1 aliphatic heterocycles. The molecule has 0 aliphatic carbocycles. The molecular weight excluding hydrogens is 314 g/mol. The zero-order chi connectivity index (χ0) is 16.7. The molecule has 128 valence electrons. The molecule has 23 heavy (non-hydrogen) atoms. The van der Waals surface area contributed by atoms with Crippen LogP contribution in [-0.4, -0.2) is 39.0 Å². The Morgan fingerprint density at radius 1 is 1.13 bits per heavy atom. The number of hydrogen-bond acceptors (Lipinski definition) is 3. The lowest BCUT2D eigenvalue weighted by atomic mass is 10.3. The fourth-order valence-corrected chi connectivity index (χ4v) is 3.58. The van der Waals surface area contributed by atoms with E-state index in [0.29, 0.717) is 12.2 Å². The minimum atomic E-state index is -3.47. The molecule has 0 radical (unpaired) electrons. The minimum Gasteiger partial charge on any atom is -0.325 e. The molecular formula is C16H25N3O3S. The second-order valence-corrected chi connectivity index (χ2v) is 7.52. The van der Waals surface area contributed by atoms with Crippen LogP contribution in [0.15, 0.2) is 29.2 Å². The van der Waals surface area contributed by atoms with Crippen LogP contribution in [0.5, 0.6) is 0 Å². The summed E-state index contributed by atoms with van der Waals surface area (Å²) < 4.78 is 26.9. The molecule has 2 rings (SSSR count). The van der Waals surface area contributed by atoms with Gasteiger partial charge in [0.1, 0.15) is 0 Å². The highest BCUT2D eigenvalue weighted by Crippen LogP contribution is 2.16. The summed E-state index contributed by atoms with van der Waals surface area (Å²) in [5.41, 5.74) is 0.604. The van der Waals surface area contributed by atoms with Crippen LogP contribution < -0.4 is 10.0 Å². The van der Waals surface area contributed by atoms with E-state index in [-0.39, 0.29) is 10.9 Å². The Kier molecular flexibility index (Phi) is 6.41. The van der Waals surface area contributed by atoms with Crippen molar-refractivity contribution in [1.29, 1.82) is 0 Å². The van der Waals surface area contributed by atoms with Gasteiger partial charge in [0.15, 0.2) is 0 Å². The largest absolute Gasteiger partial charge is 0.325 e. The van der Waals surface area contributed by atoms with Crippen LogP contribution in [0.2, 0.25) is 0 Å². The van der Waals surface area contributed by atoms with Crippen molar-refractivity contribution in [3.63, 3.8) is 0 Å². The van der Waals surface area contributed by atoms with E-state index in [9.17, 15) is 13.2 Å². The van der Waals surface area contributed by atoms with E-state index in [4.69, 9.17) is 0 Å². The molecule has 1 aliphatic rings. The summed E-state index contributed by atoms with van der Waals surface area (Å²) >= 11 is 0. The molecule has 0 bridgehead atoms. The quantitative estimate of drug-likeness (QED) is 0.750. The van der Waals surface area contributed by atoms with Crippen LogP contribution in [-0.2, 0) is 10.0 Å². The van der Waals surface area contributed by atoms with Gasteiger partial charge in [-0.2, -0.15) is 0 Å². The second-order valence-electron chi connectivity index (χ2n) is 5.75. The highest BCUT2D eigenvalue weighted by molar-refractivity contribution is 7.89. The number of rotatable bonds is 7. The number of nitrogens with one attached hydrogen (secondary N) is 2. The van der Waals surface area contributed by atoms with Gasteiger partial charge in [-0.1, -0.05) is 19.8 Å². The van der Waals surface area contributed by atoms with Crippen LogP contribution in [0.25, 0.3) is 0 Å². The second kappa shape index (κ2) is 8.31.